The second kappa shape index (κ2) is 10.4. The van der Waals surface area contributed by atoms with E-state index in [4.69, 9.17) is 5.11 Å². The van der Waals surface area contributed by atoms with Gasteiger partial charge in [0, 0.05) is 25.7 Å². The molecule has 0 bridgehead atoms. The van der Waals surface area contributed by atoms with E-state index < -0.39 is 43.7 Å². The zero-order valence-corrected chi connectivity index (χ0v) is 16.2. The van der Waals surface area contributed by atoms with Gasteiger partial charge in [-0.1, -0.05) is 6.07 Å². The number of halogens is 1. The summed E-state index contributed by atoms with van der Waals surface area (Å²) in [6.45, 7) is -0.241. The quantitative estimate of drug-likeness (QED) is 0.350. The number of ether oxygens (including phenoxy) is 1. The molecule has 1 aromatic carbocycles. The molecule has 12 heteroatoms. The normalized spacial score (nSPS) is 11.3. The second-order valence-corrected chi connectivity index (χ2v) is 7.24. The Morgan fingerprint density at radius 3 is 2.35 bits per heavy atom. The maximum atomic E-state index is 12.9. The van der Waals surface area contributed by atoms with Gasteiger partial charge < -0.3 is 14.7 Å². The second-order valence-electron chi connectivity index (χ2n) is 5.33. The van der Waals surface area contributed by atoms with Crippen LogP contribution in [0, 0.1) is 10.1 Å². The van der Waals surface area contributed by atoms with Crippen LogP contribution in [0.3, 0.4) is 0 Å². The van der Waals surface area contributed by atoms with E-state index in [1.165, 1.54) is 6.07 Å². The Hall–Kier alpha value is -1.79. The van der Waals surface area contributed by atoms with Crippen molar-refractivity contribution in [1.82, 2.24) is 9.21 Å². The number of methoxy groups -OCH3 is 1. The molecule has 0 aromatic heterocycles. The first-order valence-electron chi connectivity index (χ1n) is 7.28. The summed E-state index contributed by atoms with van der Waals surface area (Å²) in [5, 5.41) is 20.3. The molecule has 0 atom stereocenters. The highest BCUT2D eigenvalue weighted by atomic mass is 35.5. The lowest BCUT2D eigenvalue weighted by Crippen LogP contribution is -2.39. The van der Waals surface area contributed by atoms with Gasteiger partial charge in [0.05, 0.1) is 18.6 Å². The third-order valence-electron chi connectivity index (χ3n) is 3.35. The summed E-state index contributed by atoms with van der Waals surface area (Å²) in [4.78, 5) is 23.5. The standard InChI is InChI=1S/C14H21N3O7S.ClH/c1-15(2)7-8-16(9-10-18)25(22,23)12-6-4-5-11(17(20)21)13(12)14(19)24-3;/h4-6,18H,7-10H2,1-3H3;1H. The SMILES string of the molecule is COC(=O)c1c([N+](=O)[O-])cccc1S(=O)(=O)N(CCO)CCN(C)C.Cl. The van der Waals surface area contributed by atoms with Crippen LogP contribution >= 0.6 is 12.4 Å². The molecule has 10 nitrogen and oxygen atoms in total. The number of sulfonamides is 1. The summed E-state index contributed by atoms with van der Waals surface area (Å²) in [6, 6.07) is 3.32. The monoisotopic (exact) mass is 411 g/mol. The van der Waals surface area contributed by atoms with Crippen molar-refractivity contribution in [1.29, 1.82) is 0 Å². The van der Waals surface area contributed by atoms with Gasteiger partial charge in [-0.25, -0.2) is 13.2 Å². The van der Waals surface area contributed by atoms with Crippen LogP contribution in [0.25, 0.3) is 0 Å². The molecule has 0 aliphatic heterocycles. The van der Waals surface area contributed by atoms with E-state index in [0.717, 1.165) is 23.5 Å². The van der Waals surface area contributed by atoms with Gasteiger partial charge in [-0.15, -0.1) is 12.4 Å². The highest BCUT2D eigenvalue weighted by Crippen LogP contribution is 2.28. The largest absolute Gasteiger partial charge is 0.465 e. The number of carbonyl (C=O) groups is 1. The Labute approximate surface area is 158 Å². The Bertz CT molecular complexity index is 740. The molecule has 0 aliphatic carbocycles. The molecule has 148 valence electrons. The molecule has 1 aromatic rings. The van der Waals surface area contributed by atoms with E-state index >= 15 is 0 Å². The number of nitro benzene ring substituents is 1. The van der Waals surface area contributed by atoms with Crippen molar-refractivity contribution >= 4 is 34.1 Å². The van der Waals surface area contributed by atoms with Crippen molar-refractivity contribution in [2.75, 3.05) is 47.4 Å². The summed E-state index contributed by atoms with van der Waals surface area (Å²) >= 11 is 0. The average molecular weight is 412 g/mol. The molecule has 1 rings (SSSR count). The van der Waals surface area contributed by atoms with Gasteiger partial charge in [0.25, 0.3) is 5.69 Å². The van der Waals surface area contributed by atoms with Crippen LogP contribution in [-0.4, -0.2) is 81.1 Å². The first kappa shape index (κ1) is 24.2. The van der Waals surface area contributed by atoms with E-state index in [-0.39, 0.29) is 25.5 Å². The molecule has 0 heterocycles. The summed E-state index contributed by atoms with van der Waals surface area (Å²) in [7, 11) is 0.242. The predicted octanol–water partition coefficient (Wildman–Crippen LogP) is 0.348. The number of likely N-dealkylation sites (N-methyl/N-ethyl adjacent to an activating group) is 1. The smallest absolute Gasteiger partial charge is 0.346 e. The fraction of sp³-hybridized carbons (Fsp3) is 0.500. The predicted molar refractivity (Wildman–Crippen MR) is 96.1 cm³/mol. The molecule has 0 saturated heterocycles. The number of aliphatic hydroxyl groups is 1. The number of hydrogen-bond donors (Lipinski definition) is 1. The van der Waals surface area contributed by atoms with E-state index in [2.05, 4.69) is 4.74 Å². The number of aliphatic hydroxyl groups excluding tert-OH is 1. The fourth-order valence-corrected chi connectivity index (χ4v) is 3.73. The Morgan fingerprint density at radius 1 is 1.27 bits per heavy atom. The van der Waals surface area contributed by atoms with Crippen LogP contribution in [0.15, 0.2) is 23.1 Å². The molecule has 0 fully saturated rings. The van der Waals surface area contributed by atoms with Crippen molar-refractivity contribution < 1.29 is 28.0 Å². The lowest BCUT2D eigenvalue weighted by Gasteiger charge is -2.23. The third-order valence-corrected chi connectivity index (χ3v) is 5.30. The van der Waals surface area contributed by atoms with Crippen LogP contribution in [0.4, 0.5) is 5.69 Å². The van der Waals surface area contributed by atoms with Crippen LogP contribution < -0.4 is 0 Å². The molecular formula is C14H22ClN3O7S. The van der Waals surface area contributed by atoms with E-state index in [1.54, 1.807) is 19.0 Å². The zero-order valence-electron chi connectivity index (χ0n) is 14.6. The number of carbonyl (C=O) groups excluding carboxylic acids is 1. The van der Waals surface area contributed by atoms with Crippen molar-refractivity contribution in [3.63, 3.8) is 0 Å². The Kier molecular flexibility index (Phi) is 9.67. The lowest BCUT2D eigenvalue weighted by atomic mass is 10.2. The molecule has 0 amide bonds. The van der Waals surface area contributed by atoms with Crippen molar-refractivity contribution in [2.24, 2.45) is 0 Å². The van der Waals surface area contributed by atoms with Crippen molar-refractivity contribution in [3.05, 3.63) is 33.9 Å². The topological polar surface area (TPSA) is 130 Å². The number of hydrogen-bond acceptors (Lipinski definition) is 8. The van der Waals surface area contributed by atoms with Crippen LogP contribution in [0.5, 0.6) is 0 Å². The van der Waals surface area contributed by atoms with Gasteiger partial charge >= 0.3 is 5.97 Å². The first-order chi connectivity index (χ1) is 11.7. The first-order valence-corrected chi connectivity index (χ1v) is 8.72. The molecule has 0 saturated carbocycles. The van der Waals surface area contributed by atoms with Gasteiger partial charge in [-0.05, 0) is 20.2 Å². The van der Waals surface area contributed by atoms with Crippen LogP contribution in [0.1, 0.15) is 10.4 Å². The van der Waals surface area contributed by atoms with Gasteiger partial charge in [0.2, 0.25) is 10.0 Å². The highest BCUT2D eigenvalue weighted by Gasteiger charge is 2.34. The van der Waals surface area contributed by atoms with E-state index in [0.29, 0.717) is 6.54 Å². The number of rotatable bonds is 9. The molecule has 0 aliphatic rings. The lowest BCUT2D eigenvalue weighted by molar-refractivity contribution is -0.385. The van der Waals surface area contributed by atoms with E-state index in [1.807, 2.05) is 0 Å². The fourth-order valence-electron chi connectivity index (χ4n) is 2.11. The minimum Gasteiger partial charge on any atom is -0.465 e. The minimum absolute atomic E-state index is 0. The molecule has 0 unspecified atom stereocenters. The molecule has 26 heavy (non-hydrogen) atoms. The average Bonchev–Trinajstić information content (AvgIpc) is 2.56. The summed E-state index contributed by atoms with van der Waals surface area (Å²) in [5.74, 6) is -1.12. The minimum atomic E-state index is -4.26. The van der Waals surface area contributed by atoms with Gasteiger partial charge in [-0.3, -0.25) is 10.1 Å². The number of nitro groups is 1. The zero-order chi connectivity index (χ0) is 19.2. The van der Waals surface area contributed by atoms with Gasteiger partial charge in [-0.2, -0.15) is 4.31 Å². The van der Waals surface area contributed by atoms with Crippen molar-refractivity contribution in [2.45, 2.75) is 4.90 Å². The summed E-state index contributed by atoms with van der Waals surface area (Å²) < 4.78 is 31.3. The number of nitrogens with zero attached hydrogens (tertiary/aromatic N) is 3. The molecular weight excluding hydrogens is 390 g/mol. The Balaban J connectivity index is 0.00000625. The summed E-state index contributed by atoms with van der Waals surface area (Å²) in [6.07, 6.45) is 0. The maximum Gasteiger partial charge on any atom is 0.346 e. The molecule has 0 radical (unpaired) electrons. The maximum absolute atomic E-state index is 12.9. The molecule has 1 N–H and O–H groups in total. The number of esters is 1. The van der Waals surface area contributed by atoms with Gasteiger partial charge in [0.15, 0.2) is 5.56 Å². The third kappa shape index (κ3) is 5.61. The van der Waals surface area contributed by atoms with E-state index in [9.17, 15) is 23.3 Å². The van der Waals surface area contributed by atoms with Crippen molar-refractivity contribution in [3.8, 4) is 0 Å². The molecule has 0 spiro atoms. The Morgan fingerprint density at radius 2 is 1.88 bits per heavy atom. The van der Waals surface area contributed by atoms with Gasteiger partial charge in [0.1, 0.15) is 4.90 Å². The van der Waals surface area contributed by atoms with Crippen LogP contribution in [0.2, 0.25) is 0 Å². The highest BCUT2D eigenvalue weighted by molar-refractivity contribution is 7.89. The summed E-state index contributed by atoms with van der Waals surface area (Å²) in [5.41, 5.74) is -1.30. The van der Waals surface area contributed by atoms with Crippen LogP contribution in [-0.2, 0) is 14.8 Å². The number of benzene rings is 1.